The van der Waals surface area contributed by atoms with Crippen LogP contribution in [0.2, 0.25) is 0 Å². The van der Waals surface area contributed by atoms with Crippen molar-refractivity contribution in [2.75, 3.05) is 6.16 Å². The molecule has 0 aliphatic heterocycles. The minimum Gasteiger partial charge on any atom is -0.324 e. The number of aromatic nitrogens is 1. The third-order valence-corrected chi connectivity index (χ3v) is 7.04. The Balaban J connectivity index is 1.72. The van der Waals surface area contributed by atoms with Crippen LogP contribution in [0.5, 0.6) is 0 Å². The Morgan fingerprint density at radius 1 is 0.879 bits per heavy atom. The molecule has 0 saturated heterocycles. The highest BCUT2D eigenvalue weighted by Crippen LogP contribution is 2.36. The molecule has 3 aromatic rings. The Kier molecular flexibility index (Phi) is 9.61. The van der Waals surface area contributed by atoms with Crippen LogP contribution in [0.15, 0.2) is 48.7 Å². The van der Waals surface area contributed by atoms with Gasteiger partial charge in [0.1, 0.15) is 5.82 Å². The number of fused-ring (bicyclic) bond motifs is 1. The summed E-state index contributed by atoms with van der Waals surface area (Å²) in [4.78, 5) is 22.6. The van der Waals surface area contributed by atoms with Gasteiger partial charge < -0.3 is 9.79 Å². The van der Waals surface area contributed by atoms with E-state index in [4.69, 9.17) is 9.79 Å². The molecule has 6 heteroatoms. The third kappa shape index (κ3) is 7.74. The summed E-state index contributed by atoms with van der Waals surface area (Å²) < 4.78 is 26.1. The number of hydrogen-bond donors (Lipinski definition) is 2. The van der Waals surface area contributed by atoms with Gasteiger partial charge >= 0.3 is 7.60 Å². The van der Waals surface area contributed by atoms with Crippen molar-refractivity contribution in [2.24, 2.45) is 0 Å². The van der Waals surface area contributed by atoms with Crippen molar-refractivity contribution in [3.8, 4) is 11.1 Å². The largest absolute Gasteiger partial charge is 0.325 e. The average molecular weight is 472 g/mol. The summed E-state index contributed by atoms with van der Waals surface area (Å²) in [6.45, 7) is 2.20. The molecule has 0 atom stereocenters. The summed E-state index contributed by atoms with van der Waals surface area (Å²) in [5.41, 5.74) is 4.42. The fourth-order valence-electron chi connectivity index (χ4n) is 4.34. The van der Waals surface area contributed by atoms with E-state index in [2.05, 4.69) is 11.9 Å². The van der Waals surface area contributed by atoms with E-state index in [1.54, 1.807) is 12.3 Å². The first-order valence-electron chi connectivity index (χ1n) is 12.1. The lowest BCUT2D eigenvalue weighted by Gasteiger charge is -2.13. The summed E-state index contributed by atoms with van der Waals surface area (Å²) in [6, 6.07) is 13.4. The molecule has 0 aliphatic rings. The second-order valence-corrected chi connectivity index (χ2v) is 10.6. The van der Waals surface area contributed by atoms with Gasteiger partial charge in [-0.2, -0.15) is 0 Å². The molecule has 2 N–H and O–H groups in total. The van der Waals surface area contributed by atoms with E-state index in [1.165, 1.54) is 25.7 Å². The molecule has 1 heterocycles. The van der Waals surface area contributed by atoms with Crippen molar-refractivity contribution in [1.82, 2.24) is 4.98 Å². The number of unbranched alkanes of at least 4 members (excludes halogenated alkanes) is 6. The fraction of sp³-hybridized carbons (Fsp3) is 0.444. The standard InChI is InChI=1S/C27H35FNO3P/c1-2-3-4-5-7-11-21-14-16-24(26(28)20-21)23-17-15-22(27-25(23)13-10-18-29-27)12-8-6-9-19-33(30,31)32/h10,13-18,20H,2-9,11-12,19H2,1H3,(H2,30,31,32). The highest BCUT2D eigenvalue weighted by atomic mass is 31.2. The van der Waals surface area contributed by atoms with E-state index in [0.717, 1.165) is 59.7 Å². The first-order chi connectivity index (χ1) is 15.9. The van der Waals surface area contributed by atoms with Crippen LogP contribution in [-0.2, 0) is 17.4 Å². The molecule has 0 amide bonds. The van der Waals surface area contributed by atoms with Gasteiger partial charge in [0.25, 0.3) is 0 Å². The number of benzene rings is 2. The Labute approximate surface area is 196 Å². The molecule has 0 fully saturated rings. The molecule has 0 bridgehead atoms. The minimum absolute atomic E-state index is 0.0705. The first kappa shape index (κ1) is 25.6. The summed E-state index contributed by atoms with van der Waals surface area (Å²) >= 11 is 0. The van der Waals surface area contributed by atoms with Gasteiger partial charge in [-0.1, -0.05) is 69.4 Å². The van der Waals surface area contributed by atoms with E-state index in [0.29, 0.717) is 12.0 Å². The molecule has 0 unspecified atom stereocenters. The maximum absolute atomic E-state index is 15.1. The SMILES string of the molecule is CCCCCCCc1ccc(-c2ccc(CCCCCP(=O)(O)O)c3ncccc23)c(F)c1. The molecule has 0 saturated carbocycles. The zero-order chi connectivity index (χ0) is 23.7. The number of nitrogens with zero attached hydrogens (tertiary/aromatic N) is 1. The molecule has 2 aromatic carbocycles. The molecule has 1 aromatic heterocycles. The topological polar surface area (TPSA) is 70.4 Å². The third-order valence-electron chi connectivity index (χ3n) is 6.14. The quantitative estimate of drug-likeness (QED) is 0.201. The zero-order valence-electron chi connectivity index (χ0n) is 19.5. The number of hydrogen-bond acceptors (Lipinski definition) is 2. The number of pyridine rings is 1. The molecular formula is C27H35FNO3P. The predicted octanol–water partition coefficient (Wildman–Crippen LogP) is 7.44. The second kappa shape index (κ2) is 12.4. The molecule has 0 spiro atoms. The number of rotatable bonds is 13. The molecule has 0 radical (unpaired) electrons. The van der Waals surface area contributed by atoms with Gasteiger partial charge in [0.15, 0.2) is 0 Å². The highest BCUT2D eigenvalue weighted by Gasteiger charge is 2.14. The minimum atomic E-state index is -3.93. The van der Waals surface area contributed by atoms with E-state index >= 15 is 4.39 Å². The predicted molar refractivity (Wildman–Crippen MR) is 134 cm³/mol. The van der Waals surface area contributed by atoms with Crippen molar-refractivity contribution in [2.45, 2.75) is 71.1 Å². The Bertz CT molecular complexity index is 1100. The maximum Gasteiger partial charge on any atom is 0.325 e. The lowest BCUT2D eigenvalue weighted by Crippen LogP contribution is -1.95. The summed E-state index contributed by atoms with van der Waals surface area (Å²) in [5, 5.41) is 0.927. The lowest BCUT2D eigenvalue weighted by atomic mass is 9.94. The molecular weight excluding hydrogens is 436 g/mol. The van der Waals surface area contributed by atoms with Gasteiger partial charge in [-0.15, -0.1) is 0 Å². The van der Waals surface area contributed by atoms with Crippen molar-refractivity contribution in [1.29, 1.82) is 0 Å². The molecule has 33 heavy (non-hydrogen) atoms. The van der Waals surface area contributed by atoms with Crippen molar-refractivity contribution >= 4 is 18.5 Å². The molecule has 178 valence electrons. The fourth-order valence-corrected chi connectivity index (χ4v) is 4.98. The van der Waals surface area contributed by atoms with Crippen molar-refractivity contribution in [3.05, 3.63) is 65.6 Å². The number of halogens is 1. The summed E-state index contributed by atoms with van der Waals surface area (Å²) in [7, 11) is -3.93. The van der Waals surface area contributed by atoms with Gasteiger partial charge in [0.05, 0.1) is 5.52 Å². The van der Waals surface area contributed by atoms with E-state index < -0.39 is 7.60 Å². The molecule has 0 aliphatic carbocycles. The summed E-state index contributed by atoms with van der Waals surface area (Å²) in [6.07, 6.45) is 11.4. The van der Waals surface area contributed by atoms with Gasteiger partial charge in [0, 0.05) is 23.3 Å². The number of aryl methyl sites for hydroxylation is 2. The zero-order valence-corrected chi connectivity index (χ0v) is 20.4. The lowest BCUT2D eigenvalue weighted by molar-refractivity contribution is 0.371. The molecule has 4 nitrogen and oxygen atoms in total. The normalized spacial score (nSPS) is 11.9. The summed E-state index contributed by atoms with van der Waals surface area (Å²) in [5.74, 6) is -0.198. The average Bonchev–Trinajstić information content (AvgIpc) is 2.78. The molecule has 3 rings (SSSR count). The van der Waals surface area contributed by atoms with Crippen LogP contribution >= 0.6 is 7.60 Å². The highest BCUT2D eigenvalue weighted by molar-refractivity contribution is 7.51. The van der Waals surface area contributed by atoms with Crippen LogP contribution in [0.1, 0.15) is 69.4 Å². The smallest absolute Gasteiger partial charge is 0.324 e. The second-order valence-electron chi connectivity index (χ2n) is 8.85. The van der Waals surface area contributed by atoms with E-state index in [-0.39, 0.29) is 12.0 Å². The van der Waals surface area contributed by atoms with Gasteiger partial charge in [-0.25, -0.2) is 4.39 Å². The Hall–Kier alpha value is -2.07. The van der Waals surface area contributed by atoms with Crippen molar-refractivity contribution < 1.29 is 18.7 Å². The van der Waals surface area contributed by atoms with Crippen LogP contribution in [0.4, 0.5) is 4.39 Å². The maximum atomic E-state index is 15.1. The Morgan fingerprint density at radius 3 is 2.36 bits per heavy atom. The van der Waals surface area contributed by atoms with Crippen molar-refractivity contribution in [3.63, 3.8) is 0 Å². The van der Waals surface area contributed by atoms with Gasteiger partial charge in [-0.3, -0.25) is 9.55 Å². The van der Waals surface area contributed by atoms with E-state index in [9.17, 15) is 4.57 Å². The monoisotopic (exact) mass is 471 g/mol. The van der Waals surface area contributed by atoms with Crippen LogP contribution in [-0.4, -0.2) is 20.9 Å². The van der Waals surface area contributed by atoms with Gasteiger partial charge in [-0.05, 0) is 60.9 Å². The Morgan fingerprint density at radius 2 is 1.61 bits per heavy atom. The van der Waals surface area contributed by atoms with Crippen LogP contribution in [0, 0.1) is 5.82 Å². The van der Waals surface area contributed by atoms with Crippen LogP contribution < -0.4 is 0 Å². The first-order valence-corrected chi connectivity index (χ1v) is 13.9. The van der Waals surface area contributed by atoms with Crippen LogP contribution in [0.25, 0.3) is 22.0 Å². The van der Waals surface area contributed by atoms with Crippen LogP contribution in [0.3, 0.4) is 0 Å². The van der Waals surface area contributed by atoms with Gasteiger partial charge in [0.2, 0.25) is 0 Å². The van der Waals surface area contributed by atoms with E-state index in [1.807, 2.05) is 36.4 Å².